The van der Waals surface area contributed by atoms with Gasteiger partial charge in [0.2, 0.25) is 0 Å². The minimum absolute atomic E-state index is 0.0335. The van der Waals surface area contributed by atoms with E-state index in [0.717, 1.165) is 16.0 Å². The summed E-state index contributed by atoms with van der Waals surface area (Å²) >= 11 is 3.93. The number of allylic oxidation sites excluding steroid dienone is 1. The maximum absolute atomic E-state index is 12.0. The van der Waals surface area contributed by atoms with Crippen molar-refractivity contribution in [1.29, 1.82) is 0 Å². The Balaban J connectivity index is 2.09. The van der Waals surface area contributed by atoms with Crippen molar-refractivity contribution < 1.29 is 4.79 Å². The lowest BCUT2D eigenvalue weighted by atomic mass is 10.1. The number of benzene rings is 2. The van der Waals surface area contributed by atoms with Gasteiger partial charge in [0.15, 0.2) is 5.78 Å². The van der Waals surface area contributed by atoms with Crippen LogP contribution in [0.2, 0.25) is 0 Å². The highest BCUT2D eigenvalue weighted by molar-refractivity contribution is 14.1. The Bertz CT molecular complexity index is 585. The number of ketones is 1. The largest absolute Gasteiger partial charge is 0.289 e. The number of carbonyl (C=O) groups excluding carboxylic acids is 1. The van der Waals surface area contributed by atoms with Gasteiger partial charge >= 0.3 is 0 Å². The molecule has 0 heterocycles. The van der Waals surface area contributed by atoms with Crippen molar-refractivity contribution >= 4 is 46.2 Å². The van der Waals surface area contributed by atoms with E-state index in [4.69, 9.17) is 0 Å². The van der Waals surface area contributed by atoms with E-state index < -0.39 is 0 Å². The molecule has 0 aliphatic rings. The number of rotatable bonds is 4. The summed E-state index contributed by atoms with van der Waals surface area (Å²) in [7, 11) is 0. The highest BCUT2D eigenvalue weighted by Gasteiger charge is 2.01. The lowest BCUT2D eigenvalue weighted by Gasteiger charge is -1.98. The molecule has 0 aliphatic carbocycles. The van der Waals surface area contributed by atoms with E-state index in [1.807, 2.05) is 60.9 Å². The van der Waals surface area contributed by atoms with Crippen LogP contribution in [-0.4, -0.2) is 12.0 Å². The monoisotopic (exact) mass is 380 g/mol. The highest BCUT2D eigenvalue weighted by Crippen LogP contribution is 2.15. The topological polar surface area (TPSA) is 17.1 Å². The summed E-state index contributed by atoms with van der Waals surface area (Å²) in [5, 5.41) is 0. The molecule has 96 valence electrons. The van der Waals surface area contributed by atoms with E-state index in [2.05, 4.69) is 22.6 Å². The molecule has 19 heavy (non-hydrogen) atoms. The smallest absolute Gasteiger partial charge is 0.185 e. The third kappa shape index (κ3) is 4.21. The van der Waals surface area contributed by atoms with E-state index in [1.54, 1.807) is 17.8 Å². The molecule has 2 rings (SSSR count). The molecule has 0 aromatic heterocycles. The van der Waals surface area contributed by atoms with Crippen molar-refractivity contribution in [2.45, 2.75) is 4.90 Å². The van der Waals surface area contributed by atoms with Crippen LogP contribution in [0.3, 0.4) is 0 Å². The standard InChI is InChI=1S/C16H13IOS/c1-19-15-9-5-13(6-10-15)16(18)11-4-12-2-7-14(17)8-3-12/h2-11H,1H3/b11-4+. The van der Waals surface area contributed by atoms with E-state index in [1.165, 1.54) is 3.57 Å². The van der Waals surface area contributed by atoms with Gasteiger partial charge in [0.05, 0.1) is 0 Å². The van der Waals surface area contributed by atoms with Crippen LogP contribution >= 0.6 is 34.4 Å². The third-order valence-corrected chi connectivity index (χ3v) is 4.13. The second-order valence-electron chi connectivity index (χ2n) is 3.98. The molecule has 0 bridgehead atoms. The van der Waals surface area contributed by atoms with Crippen LogP contribution < -0.4 is 0 Å². The zero-order chi connectivity index (χ0) is 13.7. The first kappa shape index (κ1) is 14.3. The van der Waals surface area contributed by atoms with Crippen LogP contribution in [0, 0.1) is 3.57 Å². The number of thioether (sulfide) groups is 1. The Morgan fingerprint density at radius 1 is 1.05 bits per heavy atom. The first-order valence-electron chi connectivity index (χ1n) is 5.81. The maximum atomic E-state index is 12.0. The Kier molecular flexibility index (Phi) is 5.22. The molecule has 0 saturated heterocycles. The summed E-state index contributed by atoms with van der Waals surface area (Å²) in [6.45, 7) is 0. The first-order chi connectivity index (χ1) is 9.19. The average molecular weight is 380 g/mol. The molecule has 0 atom stereocenters. The van der Waals surface area contributed by atoms with Gasteiger partial charge in [-0.2, -0.15) is 0 Å². The quantitative estimate of drug-likeness (QED) is 0.325. The lowest BCUT2D eigenvalue weighted by Crippen LogP contribution is -1.93. The second-order valence-corrected chi connectivity index (χ2v) is 6.10. The molecule has 1 nitrogen and oxygen atoms in total. The van der Waals surface area contributed by atoms with Gasteiger partial charge in [-0.3, -0.25) is 4.79 Å². The maximum Gasteiger partial charge on any atom is 0.185 e. The molecule has 0 spiro atoms. The first-order valence-corrected chi connectivity index (χ1v) is 8.11. The molecule has 0 saturated carbocycles. The van der Waals surface area contributed by atoms with Gasteiger partial charge in [-0.05, 0) is 76.9 Å². The number of hydrogen-bond acceptors (Lipinski definition) is 2. The minimum Gasteiger partial charge on any atom is -0.289 e. The van der Waals surface area contributed by atoms with Gasteiger partial charge in [0.25, 0.3) is 0 Å². The number of carbonyl (C=O) groups is 1. The zero-order valence-electron chi connectivity index (χ0n) is 10.5. The van der Waals surface area contributed by atoms with Crippen molar-refractivity contribution in [2.75, 3.05) is 6.26 Å². The predicted molar refractivity (Wildman–Crippen MR) is 90.7 cm³/mol. The number of halogens is 1. The fourth-order valence-electron chi connectivity index (χ4n) is 1.60. The summed E-state index contributed by atoms with van der Waals surface area (Å²) in [6.07, 6.45) is 5.49. The predicted octanol–water partition coefficient (Wildman–Crippen LogP) is 4.91. The van der Waals surface area contributed by atoms with E-state index >= 15 is 0 Å². The second kappa shape index (κ2) is 6.91. The molecule has 0 amide bonds. The van der Waals surface area contributed by atoms with Crippen LogP contribution in [0.5, 0.6) is 0 Å². The van der Waals surface area contributed by atoms with Crippen LogP contribution in [0.1, 0.15) is 15.9 Å². The van der Waals surface area contributed by atoms with Gasteiger partial charge in [-0.25, -0.2) is 0 Å². The lowest BCUT2D eigenvalue weighted by molar-refractivity contribution is 0.104. The summed E-state index contributed by atoms with van der Waals surface area (Å²) in [4.78, 5) is 13.2. The van der Waals surface area contributed by atoms with Gasteiger partial charge in [-0.15, -0.1) is 11.8 Å². The molecule has 0 N–H and O–H groups in total. The average Bonchev–Trinajstić information content (AvgIpc) is 2.46. The molecule has 3 heteroatoms. The Morgan fingerprint density at radius 2 is 1.68 bits per heavy atom. The van der Waals surface area contributed by atoms with Crippen molar-refractivity contribution in [1.82, 2.24) is 0 Å². The van der Waals surface area contributed by atoms with Crippen LogP contribution in [-0.2, 0) is 0 Å². The van der Waals surface area contributed by atoms with Crippen LogP contribution in [0.15, 0.2) is 59.5 Å². The normalized spacial score (nSPS) is 10.8. The molecular weight excluding hydrogens is 367 g/mol. The number of hydrogen-bond donors (Lipinski definition) is 0. The van der Waals surface area contributed by atoms with Crippen LogP contribution in [0.4, 0.5) is 0 Å². The van der Waals surface area contributed by atoms with Gasteiger partial charge in [-0.1, -0.05) is 18.2 Å². The molecule has 0 unspecified atom stereocenters. The van der Waals surface area contributed by atoms with E-state index in [-0.39, 0.29) is 5.78 Å². The Morgan fingerprint density at radius 3 is 2.26 bits per heavy atom. The Labute approximate surface area is 131 Å². The molecule has 0 radical (unpaired) electrons. The van der Waals surface area contributed by atoms with Crippen LogP contribution in [0.25, 0.3) is 6.08 Å². The molecule has 2 aromatic rings. The van der Waals surface area contributed by atoms with E-state index in [0.29, 0.717) is 0 Å². The van der Waals surface area contributed by atoms with E-state index in [9.17, 15) is 4.79 Å². The Hall–Kier alpha value is -1.07. The van der Waals surface area contributed by atoms with Crippen molar-refractivity contribution in [3.8, 4) is 0 Å². The fraction of sp³-hybridized carbons (Fsp3) is 0.0625. The summed E-state index contributed by atoms with van der Waals surface area (Å²) in [6, 6.07) is 15.7. The van der Waals surface area contributed by atoms with Gasteiger partial charge in [0, 0.05) is 14.0 Å². The van der Waals surface area contributed by atoms with Gasteiger partial charge in [0.1, 0.15) is 0 Å². The summed E-state index contributed by atoms with van der Waals surface area (Å²) in [5.41, 5.74) is 1.76. The van der Waals surface area contributed by atoms with Crippen molar-refractivity contribution in [3.63, 3.8) is 0 Å². The van der Waals surface area contributed by atoms with Crippen molar-refractivity contribution in [3.05, 3.63) is 69.3 Å². The molecule has 2 aromatic carbocycles. The summed E-state index contributed by atoms with van der Waals surface area (Å²) in [5.74, 6) is 0.0335. The fourth-order valence-corrected chi connectivity index (χ4v) is 2.37. The third-order valence-electron chi connectivity index (χ3n) is 2.67. The SMILES string of the molecule is CSc1ccc(C(=O)/C=C/c2ccc(I)cc2)cc1. The van der Waals surface area contributed by atoms with Gasteiger partial charge < -0.3 is 0 Å². The zero-order valence-corrected chi connectivity index (χ0v) is 13.4. The molecule has 0 aliphatic heterocycles. The molecular formula is C16H13IOS. The highest BCUT2D eigenvalue weighted by atomic mass is 127. The summed E-state index contributed by atoms with van der Waals surface area (Å²) < 4.78 is 1.19. The minimum atomic E-state index is 0.0335. The van der Waals surface area contributed by atoms with Crippen molar-refractivity contribution in [2.24, 2.45) is 0 Å². The molecule has 0 fully saturated rings.